The molecule has 34 nitrogen and oxygen atoms in total. The second kappa shape index (κ2) is 33.0. The largest absolute Gasteiger partial charge is 0.384 e. The predicted molar refractivity (Wildman–Crippen MR) is 480 cm³/mol. The van der Waals surface area contributed by atoms with E-state index in [1.165, 1.54) is 11.0 Å². The highest BCUT2D eigenvalue weighted by atomic mass is 19.3. The van der Waals surface area contributed by atoms with Crippen molar-refractivity contribution in [1.29, 1.82) is 0 Å². The number of nitrogens with one attached hydrogen (secondary N) is 1. The molecule has 8 aromatic heterocycles. The first kappa shape index (κ1) is 86.0. The van der Waals surface area contributed by atoms with Crippen LogP contribution in [0.3, 0.4) is 0 Å². The van der Waals surface area contributed by atoms with E-state index in [1.54, 1.807) is 59.2 Å². The van der Waals surface area contributed by atoms with Crippen LogP contribution >= 0.6 is 0 Å². The number of alkyl halides is 2. The average Bonchev–Trinajstić information content (AvgIpc) is 1.69. The number of piperidine rings is 4. The minimum atomic E-state index is -2.69. The molecule has 36 heteroatoms. The Morgan fingerprint density at radius 1 is 0.432 bits per heavy atom. The summed E-state index contributed by atoms with van der Waals surface area (Å²) in [4.78, 5) is 117. The maximum absolute atomic E-state index is 14.0. The van der Waals surface area contributed by atoms with E-state index in [0.717, 1.165) is 153 Å². The number of pyridine rings is 4. The lowest BCUT2D eigenvalue weighted by Gasteiger charge is -2.42. The van der Waals surface area contributed by atoms with Gasteiger partial charge in [-0.1, -0.05) is 6.92 Å². The average molecular weight is 1710 g/mol. The van der Waals surface area contributed by atoms with Crippen molar-refractivity contribution in [2.45, 2.75) is 187 Å². The summed E-state index contributed by atoms with van der Waals surface area (Å²) < 4.78 is 46.1. The van der Waals surface area contributed by atoms with Gasteiger partial charge in [0.25, 0.3) is 22.2 Å². The summed E-state index contributed by atoms with van der Waals surface area (Å²) in [6.45, 7) is 21.0. The fourth-order valence-corrected chi connectivity index (χ4v) is 21.7. The van der Waals surface area contributed by atoms with Crippen molar-refractivity contribution >= 4 is 69.9 Å². The molecule has 10 aliphatic heterocycles. The lowest BCUT2D eigenvalue weighted by Crippen LogP contribution is -2.51. The van der Waals surface area contributed by atoms with E-state index < -0.39 is 17.4 Å². The number of aliphatic imine (C=N–C) groups is 4. The number of anilines is 8. The number of aryl methyl sites for hydroxylation is 3. The SMILES string of the molecule is CNc1cc(C2=NCc3nc(N4CCC5(CC4)CO[C@@H](C)[C@H]5N)n(C)c(=O)c32)ccn1.Cc1nc(N)ccc1C1=NCc2nc(N3CCC4(CC3)CC(F)(F)C[C@H]4N)n(C)c(=O)c21.Cc1nc(N)ccc1C1=NCc2nc(N3CCC4(CC3)CO[C@@H](C)[C@H]4N)n(C)c(=O)c21.Cc1nc(N)ccc1C1=NCc2nc(N3CCC4(CC3)C[C@@H](C)C[C@H]4N)n(C)c(=O)c21. The maximum atomic E-state index is 14.0. The van der Waals surface area contributed by atoms with Crippen LogP contribution in [0.1, 0.15) is 182 Å². The monoisotopic (exact) mass is 1710 g/mol. The third-order valence-corrected chi connectivity index (χ3v) is 29.2. The van der Waals surface area contributed by atoms with Crippen molar-refractivity contribution < 1.29 is 18.3 Å². The molecule has 0 bridgehead atoms. The van der Waals surface area contributed by atoms with Crippen molar-refractivity contribution in [3.05, 3.63) is 181 Å². The summed E-state index contributed by atoms with van der Waals surface area (Å²) in [6.07, 6.45) is 10.8. The van der Waals surface area contributed by atoms with Gasteiger partial charge in [0.15, 0.2) is 0 Å². The normalized spacial score (nSPS) is 24.2. The maximum Gasteiger partial charge on any atom is 0.264 e. The molecule has 7 atom stereocenters. The Hall–Kier alpha value is -11.2. The zero-order valence-corrected chi connectivity index (χ0v) is 73.3. The second-order valence-electron chi connectivity index (χ2n) is 36.8. The van der Waals surface area contributed by atoms with Crippen LogP contribution in [-0.2, 0) is 63.8 Å². The van der Waals surface area contributed by atoms with Crippen LogP contribution in [0.4, 0.5) is 55.8 Å². The number of hydrogen-bond donors (Lipinski definition) is 8. The van der Waals surface area contributed by atoms with Crippen molar-refractivity contribution in [1.82, 2.24) is 58.1 Å². The smallest absolute Gasteiger partial charge is 0.264 e. The van der Waals surface area contributed by atoms with Crippen molar-refractivity contribution in [3.8, 4) is 0 Å². The van der Waals surface area contributed by atoms with Gasteiger partial charge in [0.05, 0.1) is 119 Å². The number of ether oxygens (including phenoxy) is 2. The quantitative estimate of drug-likeness (QED) is 0.0923. The molecule has 12 aliphatic rings. The molecule has 18 heterocycles. The molecule has 8 aromatic rings. The van der Waals surface area contributed by atoms with Gasteiger partial charge in [-0.2, -0.15) is 0 Å². The predicted octanol–water partition coefficient (Wildman–Crippen LogP) is 5.17. The van der Waals surface area contributed by atoms with Crippen LogP contribution < -0.4 is 87.3 Å². The molecule has 15 N–H and O–H groups in total. The standard InChI is InChI=1S/C23H31N7O.C22H27F2N7O.2C22H29N7O2/c1-13-10-17(24)23(11-13)6-8-30(9-7-23)22-28-16-12-26-20(19(16)21(31)29(22)3)15-4-5-18(25)27-14(15)2;1-12-13(3-4-16(26)28-12)18-17-14(10-27-18)29-20(30(2)19(17)32)31-7-5-21(6-8-31)11-22(23,24)9-15(21)25;1-13-19(23)22(12-31-13)5-8-29(9-6-22)21-27-15-11-26-18(17(15)20(30)28(21)3)14-4-7-25-16(10-14)24-2;1-12-14(4-5-16(23)26-12)18-17-15(10-25-18)27-21(28(3)20(17)30)29-8-6-22(7-9-29)11-31-13(2)19(22)24/h4-5,13,17H,6-12,24H2,1-3H3,(H2,25,27);3-4,15H,5-11,25H2,1-2H3,(H2,26,28);4,7,10,13,19H,5-6,8-9,11-12,23H2,1-3H3,(H,24,25);4-5,13,19H,6-11,24H2,1-3H3,(H2,23,26)/t13-,17+;15-;2*13-,19+/m0100/s1. The summed E-state index contributed by atoms with van der Waals surface area (Å²) in [6, 6.07) is 14.4. The Balaban J connectivity index is 0.000000118. The van der Waals surface area contributed by atoms with Gasteiger partial charge in [0.2, 0.25) is 29.7 Å². The molecule has 0 radical (unpaired) electrons. The first-order chi connectivity index (χ1) is 59.6. The van der Waals surface area contributed by atoms with E-state index in [4.69, 9.17) is 69.5 Å². The van der Waals surface area contributed by atoms with Gasteiger partial charge >= 0.3 is 0 Å². The number of nitrogens with two attached hydrogens (primary N) is 7. The molecular formula is C89H116F2N28O6. The first-order valence-corrected chi connectivity index (χ1v) is 43.7. The summed E-state index contributed by atoms with van der Waals surface area (Å²) >= 11 is 0. The van der Waals surface area contributed by atoms with Crippen LogP contribution in [0.5, 0.6) is 0 Å². The summed E-state index contributed by atoms with van der Waals surface area (Å²) in [5.41, 5.74) is 55.5. The zero-order valence-electron chi connectivity index (χ0n) is 73.3. The molecular weight excluding hydrogens is 1600 g/mol. The van der Waals surface area contributed by atoms with Gasteiger partial charge in [-0.15, -0.1) is 0 Å². The topological polar surface area (TPSA) is 466 Å². The van der Waals surface area contributed by atoms with E-state index >= 15 is 0 Å². The summed E-state index contributed by atoms with van der Waals surface area (Å²) in [5, 5.41) is 3.03. The van der Waals surface area contributed by atoms with Crippen molar-refractivity contribution in [2.24, 2.45) is 98.7 Å². The first-order valence-electron chi connectivity index (χ1n) is 43.7. The van der Waals surface area contributed by atoms with Crippen LogP contribution in [-0.4, -0.2) is 196 Å². The number of nitrogen functional groups attached to an aromatic ring is 3. The highest BCUT2D eigenvalue weighted by molar-refractivity contribution is 6.17. The van der Waals surface area contributed by atoms with E-state index in [-0.39, 0.29) is 81.7 Å². The number of rotatable bonds is 9. The highest BCUT2D eigenvalue weighted by Crippen LogP contribution is 2.53. The van der Waals surface area contributed by atoms with E-state index in [2.05, 4.69) is 73.8 Å². The number of halogens is 2. The Morgan fingerprint density at radius 2 is 0.760 bits per heavy atom. The molecule has 0 unspecified atom stereocenters. The van der Waals surface area contributed by atoms with E-state index in [0.29, 0.717) is 156 Å². The lowest BCUT2D eigenvalue weighted by atomic mass is 9.73. The molecule has 8 fully saturated rings. The van der Waals surface area contributed by atoms with Crippen LogP contribution in [0.15, 0.2) is 93.9 Å². The Bertz CT molecular complexity index is 5830. The van der Waals surface area contributed by atoms with Crippen LogP contribution in [0.25, 0.3) is 0 Å². The second-order valence-corrected chi connectivity index (χ2v) is 36.8. The number of nitrogens with zero attached hydrogens (tertiary/aromatic N) is 20. The van der Waals surface area contributed by atoms with Gasteiger partial charge in [-0.05, 0) is 164 Å². The Morgan fingerprint density at radius 3 is 1.06 bits per heavy atom. The molecule has 2 saturated carbocycles. The summed E-state index contributed by atoms with van der Waals surface area (Å²) in [7, 11) is 8.89. The Kier molecular flexibility index (Phi) is 22.7. The molecule has 662 valence electrons. The molecule has 125 heavy (non-hydrogen) atoms. The number of aromatic nitrogens is 12. The van der Waals surface area contributed by atoms with Crippen LogP contribution in [0, 0.1) is 48.3 Å². The molecule has 20 rings (SSSR count). The fraction of sp³-hybridized carbons (Fsp3) is 0.551. The molecule has 4 spiro atoms. The minimum absolute atomic E-state index is 0.0292. The van der Waals surface area contributed by atoms with Gasteiger partial charge in [0.1, 0.15) is 23.3 Å². The zero-order chi connectivity index (χ0) is 88.4. The lowest BCUT2D eigenvalue weighted by molar-refractivity contribution is -0.00688. The highest BCUT2D eigenvalue weighted by Gasteiger charge is 2.56. The minimum Gasteiger partial charge on any atom is -0.384 e. The number of fused-ring (bicyclic) bond motifs is 4. The van der Waals surface area contributed by atoms with Crippen molar-refractivity contribution in [3.63, 3.8) is 0 Å². The Labute approximate surface area is 723 Å². The van der Waals surface area contributed by atoms with E-state index in [9.17, 15) is 28.0 Å². The van der Waals surface area contributed by atoms with Gasteiger partial charge in [-0.3, -0.25) is 57.4 Å². The number of hydrogen-bond acceptors (Lipinski definition) is 30. The van der Waals surface area contributed by atoms with Crippen molar-refractivity contribution in [2.75, 3.05) is 115 Å². The van der Waals surface area contributed by atoms with E-state index in [1.807, 2.05) is 77.0 Å². The molecule has 2 aliphatic carbocycles. The van der Waals surface area contributed by atoms with Gasteiger partial charge in [-0.25, -0.2) is 48.7 Å². The summed E-state index contributed by atoms with van der Waals surface area (Å²) in [5.74, 6) is 2.76. The van der Waals surface area contributed by atoms with Gasteiger partial charge in [0, 0.05) is 181 Å². The van der Waals surface area contributed by atoms with Gasteiger partial charge < -0.3 is 74.5 Å². The third-order valence-electron chi connectivity index (χ3n) is 29.2. The van der Waals surface area contributed by atoms with Crippen LogP contribution in [0.2, 0.25) is 0 Å². The third kappa shape index (κ3) is 15.4. The molecule has 0 aromatic carbocycles. The molecule has 6 saturated heterocycles. The molecule has 0 amide bonds. The fourth-order valence-electron chi connectivity index (χ4n) is 21.7.